The molecule has 0 N–H and O–H groups in total. The lowest BCUT2D eigenvalue weighted by molar-refractivity contribution is -0.113. The van der Waals surface area contributed by atoms with E-state index >= 15 is 0 Å². The van der Waals surface area contributed by atoms with Gasteiger partial charge < -0.3 is 0 Å². The third-order valence-corrected chi connectivity index (χ3v) is 3.76. The fourth-order valence-corrected chi connectivity index (χ4v) is 2.41. The first-order valence-corrected chi connectivity index (χ1v) is 8.10. The van der Waals surface area contributed by atoms with Crippen LogP contribution in [0.25, 0.3) is 0 Å². The molecule has 0 aliphatic heterocycles. The van der Waals surface area contributed by atoms with Gasteiger partial charge in [-0.15, -0.1) is 0 Å². The number of rotatable bonds is 9. The predicted molar refractivity (Wildman–Crippen MR) is 87.7 cm³/mol. The molecule has 1 aromatic rings. The zero-order chi connectivity index (χ0) is 14.6. The molecule has 0 radical (unpaired) electrons. The number of carbonyl (C=O) groups excluding carboxylic acids is 1. The standard InChI is InChI=1S/C16H22N2OS/c1-3-5-15(19)13-16(14-6-8-17-9-7-14)18-10-12-20-11-4-2/h3,5-9H,4,10-13H2,1-2H3/b5-3+,18-16?. The van der Waals surface area contributed by atoms with Crippen LogP contribution in [0.2, 0.25) is 0 Å². The summed E-state index contributed by atoms with van der Waals surface area (Å²) in [6, 6.07) is 3.81. The van der Waals surface area contributed by atoms with Crippen LogP contribution < -0.4 is 0 Å². The third kappa shape index (κ3) is 6.66. The largest absolute Gasteiger partial charge is 0.294 e. The second-order valence-corrected chi connectivity index (χ2v) is 5.54. The Morgan fingerprint density at radius 2 is 2.10 bits per heavy atom. The maximum absolute atomic E-state index is 11.8. The summed E-state index contributed by atoms with van der Waals surface area (Å²) in [5, 5.41) is 0. The molecular formula is C16H22N2OS. The number of thioether (sulfide) groups is 1. The fourth-order valence-electron chi connectivity index (χ4n) is 1.69. The Bertz CT molecular complexity index is 455. The summed E-state index contributed by atoms with van der Waals surface area (Å²) in [7, 11) is 0. The van der Waals surface area contributed by atoms with Crippen LogP contribution in [0.4, 0.5) is 0 Å². The predicted octanol–water partition coefficient (Wildman–Crippen LogP) is 3.55. The topological polar surface area (TPSA) is 42.3 Å². The van der Waals surface area contributed by atoms with Gasteiger partial charge in [-0.2, -0.15) is 11.8 Å². The van der Waals surface area contributed by atoms with Crippen molar-refractivity contribution in [3.8, 4) is 0 Å². The number of nitrogens with zero attached hydrogens (tertiary/aromatic N) is 2. The summed E-state index contributed by atoms with van der Waals surface area (Å²) in [6.45, 7) is 4.78. The highest BCUT2D eigenvalue weighted by molar-refractivity contribution is 7.99. The first-order valence-electron chi connectivity index (χ1n) is 6.95. The van der Waals surface area contributed by atoms with Crippen LogP contribution in [0.5, 0.6) is 0 Å². The van der Waals surface area contributed by atoms with E-state index in [0.29, 0.717) is 6.42 Å². The summed E-state index contributed by atoms with van der Waals surface area (Å²) in [6.07, 6.45) is 8.37. The summed E-state index contributed by atoms with van der Waals surface area (Å²) >= 11 is 1.90. The minimum absolute atomic E-state index is 0.0873. The second kappa shape index (κ2) is 10.4. The number of aliphatic imine (C=N–C) groups is 1. The Labute approximate surface area is 125 Å². The maximum atomic E-state index is 11.8. The normalized spacial score (nSPS) is 12.0. The van der Waals surface area contributed by atoms with Gasteiger partial charge in [-0.25, -0.2) is 0 Å². The number of hydrogen-bond donors (Lipinski definition) is 0. The van der Waals surface area contributed by atoms with Crippen LogP contribution in [0.1, 0.15) is 32.3 Å². The molecule has 0 aliphatic carbocycles. The molecule has 4 heteroatoms. The summed E-state index contributed by atoms with van der Waals surface area (Å²) < 4.78 is 0. The van der Waals surface area contributed by atoms with Crippen LogP contribution >= 0.6 is 11.8 Å². The van der Waals surface area contributed by atoms with Gasteiger partial charge in [0.05, 0.1) is 6.42 Å². The minimum atomic E-state index is 0.0873. The average molecular weight is 290 g/mol. The lowest BCUT2D eigenvalue weighted by Gasteiger charge is -2.05. The molecule has 0 saturated carbocycles. The monoisotopic (exact) mass is 290 g/mol. The molecule has 20 heavy (non-hydrogen) atoms. The highest BCUT2D eigenvalue weighted by Gasteiger charge is 2.07. The highest BCUT2D eigenvalue weighted by Crippen LogP contribution is 2.07. The Morgan fingerprint density at radius 3 is 2.75 bits per heavy atom. The van der Waals surface area contributed by atoms with E-state index in [1.807, 2.05) is 30.8 Å². The molecule has 0 unspecified atom stereocenters. The SMILES string of the molecule is C/C=C/C(=O)CC(=NCCSCCC)c1ccncc1. The Kier molecular flexibility index (Phi) is 8.63. The molecule has 1 heterocycles. The average Bonchev–Trinajstić information content (AvgIpc) is 2.47. The zero-order valence-corrected chi connectivity index (χ0v) is 13.0. The number of aromatic nitrogens is 1. The second-order valence-electron chi connectivity index (χ2n) is 4.32. The van der Waals surface area contributed by atoms with Gasteiger partial charge in [0, 0.05) is 30.4 Å². The van der Waals surface area contributed by atoms with Gasteiger partial charge in [-0.05, 0) is 42.9 Å². The molecule has 1 rings (SSSR count). The summed E-state index contributed by atoms with van der Waals surface area (Å²) in [4.78, 5) is 20.4. The van der Waals surface area contributed by atoms with Gasteiger partial charge in [0.1, 0.15) is 0 Å². The molecule has 3 nitrogen and oxygen atoms in total. The Balaban J connectivity index is 2.69. The van der Waals surface area contributed by atoms with Crippen molar-refractivity contribution >= 4 is 23.3 Å². The molecule has 108 valence electrons. The molecule has 0 bridgehead atoms. The van der Waals surface area contributed by atoms with Crippen molar-refractivity contribution in [3.63, 3.8) is 0 Å². The molecule has 0 spiro atoms. The van der Waals surface area contributed by atoms with Gasteiger partial charge in [0.15, 0.2) is 5.78 Å². The smallest absolute Gasteiger partial charge is 0.161 e. The number of carbonyl (C=O) groups is 1. The molecule has 0 saturated heterocycles. The summed E-state index contributed by atoms with van der Waals surface area (Å²) in [5.41, 5.74) is 1.84. The number of pyridine rings is 1. The van der Waals surface area contributed by atoms with Gasteiger partial charge in [0.25, 0.3) is 0 Å². The molecule has 0 aliphatic rings. The van der Waals surface area contributed by atoms with E-state index in [1.165, 1.54) is 6.42 Å². The van der Waals surface area contributed by atoms with E-state index < -0.39 is 0 Å². The van der Waals surface area contributed by atoms with Crippen LogP contribution in [0.15, 0.2) is 41.7 Å². The van der Waals surface area contributed by atoms with E-state index in [0.717, 1.165) is 29.3 Å². The molecular weight excluding hydrogens is 268 g/mol. The van der Waals surface area contributed by atoms with Gasteiger partial charge >= 0.3 is 0 Å². The van der Waals surface area contributed by atoms with Crippen LogP contribution in [0, 0.1) is 0 Å². The lowest BCUT2D eigenvalue weighted by atomic mass is 10.1. The molecule has 0 fully saturated rings. The van der Waals surface area contributed by atoms with Crippen molar-refractivity contribution in [2.45, 2.75) is 26.7 Å². The first-order chi connectivity index (χ1) is 9.77. The van der Waals surface area contributed by atoms with Crippen molar-refractivity contribution in [3.05, 3.63) is 42.2 Å². The maximum Gasteiger partial charge on any atom is 0.161 e. The van der Waals surface area contributed by atoms with Crippen molar-refractivity contribution in [2.75, 3.05) is 18.1 Å². The van der Waals surface area contributed by atoms with Crippen molar-refractivity contribution in [1.29, 1.82) is 0 Å². The van der Waals surface area contributed by atoms with Crippen molar-refractivity contribution in [1.82, 2.24) is 4.98 Å². The number of hydrogen-bond acceptors (Lipinski definition) is 4. The molecule has 0 aromatic carbocycles. The molecule has 0 atom stereocenters. The van der Waals surface area contributed by atoms with E-state index in [9.17, 15) is 4.79 Å². The first kappa shape index (κ1) is 16.6. The van der Waals surface area contributed by atoms with Gasteiger partial charge in [-0.1, -0.05) is 13.0 Å². The molecule has 1 aromatic heterocycles. The lowest BCUT2D eigenvalue weighted by Crippen LogP contribution is -2.09. The van der Waals surface area contributed by atoms with E-state index in [-0.39, 0.29) is 5.78 Å². The zero-order valence-electron chi connectivity index (χ0n) is 12.2. The molecule has 0 amide bonds. The van der Waals surface area contributed by atoms with E-state index in [4.69, 9.17) is 0 Å². The summed E-state index contributed by atoms with van der Waals surface area (Å²) in [5.74, 6) is 2.25. The van der Waals surface area contributed by atoms with Gasteiger partial charge in [-0.3, -0.25) is 14.8 Å². The van der Waals surface area contributed by atoms with E-state index in [2.05, 4.69) is 16.9 Å². The number of ketones is 1. The highest BCUT2D eigenvalue weighted by atomic mass is 32.2. The van der Waals surface area contributed by atoms with Crippen molar-refractivity contribution < 1.29 is 4.79 Å². The van der Waals surface area contributed by atoms with E-state index in [1.54, 1.807) is 24.5 Å². The van der Waals surface area contributed by atoms with Crippen LogP contribution in [-0.2, 0) is 4.79 Å². The van der Waals surface area contributed by atoms with Gasteiger partial charge in [0.2, 0.25) is 0 Å². The third-order valence-electron chi connectivity index (χ3n) is 2.59. The quantitative estimate of drug-likeness (QED) is 0.397. The fraction of sp³-hybridized carbons (Fsp3) is 0.438. The minimum Gasteiger partial charge on any atom is -0.294 e. The van der Waals surface area contributed by atoms with Crippen LogP contribution in [-0.4, -0.2) is 34.5 Å². The Morgan fingerprint density at radius 1 is 1.35 bits per heavy atom. The van der Waals surface area contributed by atoms with Crippen molar-refractivity contribution in [2.24, 2.45) is 4.99 Å². The number of allylic oxidation sites excluding steroid dienone is 2. The Hall–Kier alpha value is -1.42. The van der Waals surface area contributed by atoms with Crippen LogP contribution in [0.3, 0.4) is 0 Å².